The van der Waals surface area contributed by atoms with E-state index >= 15 is 0 Å². The van der Waals surface area contributed by atoms with Crippen molar-refractivity contribution in [1.82, 2.24) is 9.80 Å². The Bertz CT molecular complexity index is 645. The fourth-order valence-corrected chi connectivity index (χ4v) is 4.23. The number of benzene rings is 1. The van der Waals surface area contributed by atoms with Crippen LogP contribution in [0.3, 0.4) is 0 Å². The number of morpholine rings is 1. The van der Waals surface area contributed by atoms with Gasteiger partial charge in [0.05, 0.1) is 18.1 Å². The van der Waals surface area contributed by atoms with Gasteiger partial charge in [0.1, 0.15) is 4.32 Å². The zero-order valence-corrected chi connectivity index (χ0v) is 15.8. The van der Waals surface area contributed by atoms with E-state index in [0.717, 1.165) is 42.9 Å². The molecule has 0 N–H and O–H groups in total. The van der Waals surface area contributed by atoms with Crippen molar-refractivity contribution in [3.05, 3.63) is 39.2 Å². The largest absolute Gasteiger partial charge is 0.379 e. The summed E-state index contributed by atoms with van der Waals surface area (Å²) in [5, 5.41) is 0. The quantitative estimate of drug-likeness (QED) is 0.560. The number of hydrogen-bond donors (Lipinski definition) is 0. The average molecular weight is 413 g/mol. The number of thioether (sulfide) groups is 1. The molecule has 2 saturated heterocycles. The summed E-state index contributed by atoms with van der Waals surface area (Å²) >= 11 is 10.2. The molecule has 0 unspecified atom stereocenters. The highest BCUT2D eigenvalue weighted by molar-refractivity contribution is 9.10. The Kier molecular flexibility index (Phi) is 5.87. The van der Waals surface area contributed by atoms with E-state index in [4.69, 9.17) is 17.0 Å². The van der Waals surface area contributed by atoms with Crippen LogP contribution in [0, 0.1) is 0 Å². The summed E-state index contributed by atoms with van der Waals surface area (Å²) in [7, 11) is 0. The molecule has 0 spiro atoms. The highest BCUT2D eigenvalue weighted by atomic mass is 79.9. The lowest BCUT2D eigenvalue weighted by Crippen LogP contribution is -2.42. The number of nitrogens with zero attached hydrogens (tertiary/aromatic N) is 2. The van der Waals surface area contributed by atoms with Crippen LogP contribution in [0.15, 0.2) is 33.6 Å². The number of rotatable bonds is 4. The van der Waals surface area contributed by atoms with Crippen molar-refractivity contribution in [3.63, 3.8) is 0 Å². The predicted octanol–water partition coefficient (Wildman–Crippen LogP) is 2.98. The number of halogens is 1. The van der Waals surface area contributed by atoms with Gasteiger partial charge in [-0.15, -0.1) is 0 Å². The molecule has 1 amide bonds. The van der Waals surface area contributed by atoms with Crippen LogP contribution >= 0.6 is 39.9 Å². The second-order valence-electron chi connectivity index (χ2n) is 5.34. The minimum atomic E-state index is 0.00762. The van der Waals surface area contributed by atoms with E-state index in [-0.39, 0.29) is 5.91 Å². The molecular formula is C16H17BrN2O2S2. The minimum absolute atomic E-state index is 0.00762. The Hall–Kier alpha value is -0.730. The van der Waals surface area contributed by atoms with E-state index in [1.165, 1.54) is 11.8 Å². The minimum Gasteiger partial charge on any atom is -0.379 e. The van der Waals surface area contributed by atoms with Crippen LogP contribution in [0.4, 0.5) is 0 Å². The van der Waals surface area contributed by atoms with Crippen molar-refractivity contribution in [2.24, 2.45) is 0 Å². The summed E-state index contributed by atoms with van der Waals surface area (Å²) in [6.45, 7) is 4.84. The number of carbonyl (C=O) groups excluding carboxylic acids is 1. The maximum Gasteiger partial charge on any atom is 0.266 e. The third-order valence-corrected chi connectivity index (χ3v) is 5.63. The second-order valence-corrected chi connectivity index (χ2v) is 7.93. The van der Waals surface area contributed by atoms with Crippen molar-refractivity contribution in [2.75, 3.05) is 39.4 Å². The summed E-state index contributed by atoms with van der Waals surface area (Å²) in [4.78, 5) is 17.3. The maximum absolute atomic E-state index is 12.6. The maximum atomic E-state index is 12.6. The monoisotopic (exact) mass is 412 g/mol. The summed E-state index contributed by atoms with van der Waals surface area (Å²) < 4.78 is 6.98. The molecule has 2 aliphatic heterocycles. The molecule has 23 heavy (non-hydrogen) atoms. The Morgan fingerprint density at radius 1 is 1.30 bits per heavy atom. The van der Waals surface area contributed by atoms with E-state index in [9.17, 15) is 4.79 Å². The van der Waals surface area contributed by atoms with Gasteiger partial charge < -0.3 is 4.74 Å². The van der Waals surface area contributed by atoms with Gasteiger partial charge in [-0.3, -0.25) is 14.6 Å². The Morgan fingerprint density at radius 2 is 2.09 bits per heavy atom. The molecule has 2 heterocycles. The molecular weight excluding hydrogens is 396 g/mol. The molecule has 7 heteroatoms. The first kappa shape index (κ1) is 17.1. The van der Waals surface area contributed by atoms with Crippen LogP contribution in [0.25, 0.3) is 6.08 Å². The van der Waals surface area contributed by atoms with Gasteiger partial charge in [0, 0.05) is 30.7 Å². The van der Waals surface area contributed by atoms with Crippen molar-refractivity contribution in [3.8, 4) is 0 Å². The van der Waals surface area contributed by atoms with Crippen LogP contribution in [0.5, 0.6) is 0 Å². The summed E-state index contributed by atoms with van der Waals surface area (Å²) in [5.41, 5.74) is 0.994. The van der Waals surface area contributed by atoms with E-state index < -0.39 is 0 Å². The molecule has 0 saturated carbocycles. The summed E-state index contributed by atoms with van der Waals surface area (Å²) in [6, 6.07) is 7.88. The molecule has 4 nitrogen and oxygen atoms in total. The smallest absolute Gasteiger partial charge is 0.266 e. The molecule has 0 radical (unpaired) electrons. The lowest BCUT2D eigenvalue weighted by molar-refractivity contribution is -0.122. The third kappa shape index (κ3) is 4.42. The fraction of sp³-hybridized carbons (Fsp3) is 0.375. The molecule has 0 atom stereocenters. The molecule has 122 valence electrons. The number of ether oxygens (including phenoxy) is 1. The zero-order chi connectivity index (χ0) is 16.2. The van der Waals surface area contributed by atoms with Crippen LogP contribution in [0.1, 0.15) is 5.56 Å². The number of amides is 1. The first-order valence-electron chi connectivity index (χ1n) is 7.44. The van der Waals surface area contributed by atoms with Gasteiger partial charge in [0.15, 0.2) is 0 Å². The molecule has 0 aromatic heterocycles. The van der Waals surface area contributed by atoms with E-state index in [1.807, 2.05) is 30.3 Å². The Labute approximate surface area is 154 Å². The second kappa shape index (κ2) is 7.90. The molecule has 1 aromatic carbocycles. The van der Waals surface area contributed by atoms with Gasteiger partial charge in [-0.05, 0) is 23.8 Å². The first-order chi connectivity index (χ1) is 11.1. The average Bonchev–Trinajstić information content (AvgIpc) is 2.80. The third-order valence-electron chi connectivity index (χ3n) is 3.76. The number of thiocarbonyl (C=S) groups is 1. The van der Waals surface area contributed by atoms with Gasteiger partial charge in [0.25, 0.3) is 5.91 Å². The lowest BCUT2D eigenvalue weighted by Gasteiger charge is -2.28. The lowest BCUT2D eigenvalue weighted by atomic mass is 10.2. The van der Waals surface area contributed by atoms with Crippen LogP contribution < -0.4 is 0 Å². The van der Waals surface area contributed by atoms with Gasteiger partial charge in [-0.2, -0.15) is 0 Å². The highest BCUT2D eigenvalue weighted by Crippen LogP contribution is 2.32. The SMILES string of the molecule is O=C1C(=Cc2cccc(Br)c2)SC(=S)N1CCN1CCOCC1. The van der Waals surface area contributed by atoms with Gasteiger partial charge in [-0.1, -0.05) is 52.0 Å². The van der Waals surface area contributed by atoms with Crippen molar-refractivity contribution < 1.29 is 9.53 Å². The number of carbonyl (C=O) groups is 1. The fourth-order valence-electron chi connectivity index (χ4n) is 2.51. The van der Waals surface area contributed by atoms with Crippen molar-refractivity contribution in [2.45, 2.75) is 0 Å². The predicted molar refractivity (Wildman–Crippen MR) is 101 cm³/mol. The van der Waals surface area contributed by atoms with Gasteiger partial charge in [0.2, 0.25) is 0 Å². The van der Waals surface area contributed by atoms with Crippen LogP contribution in [0.2, 0.25) is 0 Å². The standard InChI is InChI=1S/C16H17BrN2O2S2/c17-13-3-1-2-12(10-13)11-14-15(20)19(16(22)23-14)5-4-18-6-8-21-9-7-18/h1-3,10-11H,4-9H2. The molecule has 0 aliphatic carbocycles. The van der Waals surface area contributed by atoms with Crippen LogP contribution in [-0.4, -0.2) is 59.4 Å². The van der Waals surface area contributed by atoms with Crippen molar-refractivity contribution in [1.29, 1.82) is 0 Å². The molecule has 3 rings (SSSR count). The van der Waals surface area contributed by atoms with E-state index in [1.54, 1.807) is 4.90 Å². The zero-order valence-electron chi connectivity index (χ0n) is 12.5. The number of hydrogen-bond acceptors (Lipinski definition) is 5. The molecule has 2 fully saturated rings. The Balaban J connectivity index is 1.65. The summed E-state index contributed by atoms with van der Waals surface area (Å²) in [5.74, 6) is 0.00762. The van der Waals surface area contributed by atoms with Gasteiger partial charge in [-0.25, -0.2) is 0 Å². The topological polar surface area (TPSA) is 32.8 Å². The van der Waals surface area contributed by atoms with E-state index in [2.05, 4.69) is 20.8 Å². The van der Waals surface area contributed by atoms with Crippen molar-refractivity contribution >= 4 is 56.2 Å². The molecule has 2 aliphatic rings. The first-order valence-corrected chi connectivity index (χ1v) is 9.46. The summed E-state index contributed by atoms with van der Waals surface area (Å²) in [6.07, 6.45) is 1.90. The molecule has 0 bridgehead atoms. The molecule has 1 aromatic rings. The normalized spacial score (nSPS) is 21.4. The van der Waals surface area contributed by atoms with E-state index in [0.29, 0.717) is 15.8 Å². The van der Waals surface area contributed by atoms with Crippen LogP contribution in [-0.2, 0) is 9.53 Å². The van der Waals surface area contributed by atoms with Gasteiger partial charge >= 0.3 is 0 Å². The Morgan fingerprint density at radius 3 is 2.83 bits per heavy atom. The highest BCUT2D eigenvalue weighted by Gasteiger charge is 2.32.